The molecule has 18 heavy (non-hydrogen) atoms. The van der Waals surface area contributed by atoms with E-state index in [1.807, 2.05) is 0 Å². The van der Waals surface area contributed by atoms with Gasteiger partial charge in [-0.3, -0.25) is 0 Å². The molecule has 94 valence electrons. The van der Waals surface area contributed by atoms with E-state index in [-0.39, 0.29) is 0 Å². The third kappa shape index (κ3) is 2.64. The number of hydrogen-bond donors (Lipinski definition) is 0. The van der Waals surface area contributed by atoms with Gasteiger partial charge in [-0.15, -0.1) is 0 Å². The summed E-state index contributed by atoms with van der Waals surface area (Å²) in [4.78, 5) is 0. The second-order valence-corrected chi connectivity index (χ2v) is 4.87. The lowest BCUT2D eigenvalue weighted by molar-refractivity contribution is 0.909. The number of rotatable bonds is 4. The van der Waals surface area contributed by atoms with E-state index in [2.05, 4.69) is 69.3 Å². The van der Waals surface area contributed by atoms with Crippen molar-refractivity contribution in [1.29, 1.82) is 0 Å². The Morgan fingerprint density at radius 1 is 0.778 bits per heavy atom. The molecule has 0 aliphatic rings. The van der Waals surface area contributed by atoms with Gasteiger partial charge in [-0.25, -0.2) is 0 Å². The minimum atomic E-state index is 0.474. The third-order valence-corrected chi connectivity index (χ3v) is 3.79. The van der Waals surface area contributed by atoms with E-state index in [1.54, 1.807) is 0 Å². The quantitative estimate of drug-likeness (QED) is 0.706. The molecular weight excluding hydrogens is 216 g/mol. The molecular formula is C18H22. The smallest absolute Gasteiger partial charge is 0.00611 e. The van der Waals surface area contributed by atoms with Gasteiger partial charge in [0.05, 0.1) is 0 Å². The summed E-state index contributed by atoms with van der Waals surface area (Å²) in [5, 5.41) is 0. The molecule has 0 aromatic heterocycles. The van der Waals surface area contributed by atoms with Crippen molar-refractivity contribution >= 4 is 0 Å². The Bertz CT molecular complexity index is 497. The van der Waals surface area contributed by atoms with Crippen LogP contribution in [0.25, 0.3) is 0 Å². The molecule has 0 saturated carbocycles. The molecule has 0 saturated heterocycles. The second kappa shape index (κ2) is 5.86. The van der Waals surface area contributed by atoms with Crippen molar-refractivity contribution in [2.24, 2.45) is 0 Å². The largest absolute Gasteiger partial charge is 0.0622 e. The van der Waals surface area contributed by atoms with Crippen LogP contribution in [-0.2, 0) is 12.8 Å². The van der Waals surface area contributed by atoms with Crippen LogP contribution in [0.2, 0.25) is 0 Å². The average Bonchev–Trinajstić information content (AvgIpc) is 2.46. The maximum atomic E-state index is 2.39. The molecule has 2 aromatic rings. The maximum absolute atomic E-state index is 2.39. The van der Waals surface area contributed by atoms with Crippen molar-refractivity contribution in [3.8, 4) is 0 Å². The van der Waals surface area contributed by atoms with E-state index in [9.17, 15) is 0 Å². The molecule has 2 aromatic carbocycles. The van der Waals surface area contributed by atoms with Crippen LogP contribution in [0.5, 0.6) is 0 Å². The van der Waals surface area contributed by atoms with Crippen LogP contribution in [-0.4, -0.2) is 0 Å². The van der Waals surface area contributed by atoms with Crippen molar-refractivity contribution in [3.63, 3.8) is 0 Å². The number of hydrogen-bond acceptors (Lipinski definition) is 0. The first kappa shape index (κ1) is 12.9. The normalized spacial score (nSPS) is 12.4. The Morgan fingerprint density at radius 3 is 2.06 bits per heavy atom. The van der Waals surface area contributed by atoms with Gasteiger partial charge in [0.2, 0.25) is 0 Å². The molecule has 0 heterocycles. The van der Waals surface area contributed by atoms with E-state index in [1.165, 1.54) is 22.3 Å². The zero-order valence-electron chi connectivity index (χ0n) is 11.6. The van der Waals surface area contributed by atoms with Crippen LogP contribution in [0.15, 0.2) is 48.5 Å². The van der Waals surface area contributed by atoms with Crippen LogP contribution >= 0.6 is 0 Å². The molecule has 0 heteroatoms. The molecule has 0 nitrogen and oxygen atoms in total. The third-order valence-electron chi connectivity index (χ3n) is 3.79. The van der Waals surface area contributed by atoms with Crippen LogP contribution in [0, 0.1) is 0 Å². The highest BCUT2D eigenvalue weighted by Crippen LogP contribution is 2.26. The van der Waals surface area contributed by atoms with Crippen molar-refractivity contribution < 1.29 is 0 Å². The summed E-state index contributed by atoms with van der Waals surface area (Å²) in [6, 6.07) is 17.7. The van der Waals surface area contributed by atoms with Gasteiger partial charge < -0.3 is 0 Å². The first-order chi connectivity index (χ1) is 8.76. The van der Waals surface area contributed by atoms with Gasteiger partial charge in [0.1, 0.15) is 0 Å². The summed E-state index contributed by atoms with van der Waals surface area (Å²) in [7, 11) is 0. The summed E-state index contributed by atoms with van der Waals surface area (Å²) in [6.45, 7) is 6.76. The summed E-state index contributed by atoms with van der Waals surface area (Å²) in [6.07, 6.45) is 2.25. The fourth-order valence-corrected chi connectivity index (χ4v) is 2.52. The van der Waals surface area contributed by atoms with Crippen LogP contribution < -0.4 is 0 Å². The van der Waals surface area contributed by atoms with E-state index in [0.717, 1.165) is 12.8 Å². The predicted octanol–water partition coefficient (Wildman–Crippen LogP) is 4.96. The summed E-state index contributed by atoms with van der Waals surface area (Å²) >= 11 is 0. The maximum Gasteiger partial charge on any atom is 0.00611 e. The molecule has 0 radical (unpaired) electrons. The van der Waals surface area contributed by atoms with Crippen molar-refractivity contribution in [3.05, 3.63) is 70.8 Å². The Morgan fingerprint density at radius 2 is 1.44 bits per heavy atom. The summed E-state index contributed by atoms with van der Waals surface area (Å²) < 4.78 is 0. The molecule has 0 amide bonds. The number of benzene rings is 2. The first-order valence-electron chi connectivity index (χ1n) is 6.92. The zero-order chi connectivity index (χ0) is 13.0. The van der Waals surface area contributed by atoms with Crippen molar-refractivity contribution in [2.45, 2.75) is 39.5 Å². The van der Waals surface area contributed by atoms with Gasteiger partial charge in [-0.1, -0.05) is 69.3 Å². The van der Waals surface area contributed by atoms with Crippen molar-refractivity contribution in [1.82, 2.24) is 0 Å². The molecule has 0 bridgehead atoms. The van der Waals surface area contributed by atoms with E-state index in [0.29, 0.717) is 5.92 Å². The van der Waals surface area contributed by atoms with Crippen molar-refractivity contribution in [2.75, 3.05) is 0 Å². The van der Waals surface area contributed by atoms with Crippen LogP contribution in [0.4, 0.5) is 0 Å². The van der Waals surface area contributed by atoms with Crippen LogP contribution in [0.3, 0.4) is 0 Å². The van der Waals surface area contributed by atoms with Gasteiger partial charge >= 0.3 is 0 Å². The Hall–Kier alpha value is -1.56. The van der Waals surface area contributed by atoms with Gasteiger partial charge in [-0.2, -0.15) is 0 Å². The van der Waals surface area contributed by atoms with Crippen LogP contribution in [0.1, 0.15) is 48.9 Å². The predicted molar refractivity (Wildman–Crippen MR) is 79.2 cm³/mol. The lowest BCUT2D eigenvalue weighted by atomic mass is 9.90. The molecule has 0 fully saturated rings. The van der Waals surface area contributed by atoms with Gasteiger partial charge in [0.25, 0.3) is 0 Å². The highest BCUT2D eigenvalue weighted by atomic mass is 14.1. The Balaban J connectivity index is 2.34. The minimum absolute atomic E-state index is 0.474. The number of aryl methyl sites for hydroxylation is 2. The standard InChI is InChI=1S/C18H22/c1-4-15-11-12-18(13-16(15)5-2)14(3)17-9-7-6-8-10-17/h6-14H,4-5H2,1-3H3. The lowest BCUT2D eigenvalue weighted by Crippen LogP contribution is -1.99. The second-order valence-electron chi connectivity index (χ2n) is 4.87. The Kier molecular flexibility index (Phi) is 4.19. The van der Waals surface area contributed by atoms with Gasteiger partial charge in [-0.05, 0) is 35.1 Å². The van der Waals surface area contributed by atoms with Gasteiger partial charge in [0, 0.05) is 5.92 Å². The molecule has 1 unspecified atom stereocenters. The molecule has 1 atom stereocenters. The van der Waals surface area contributed by atoms with Gasteiger partial charge in [0.15, 0.2) is 0 Å². The fourth-order valence-electron chi connectivity index (χ4n) is 2.52. The average molecular weight is 238 g/mol. The van der Waals surface area contributed by atoms with E-state index >= 15 is 0 Å². The molecule has 2 rings (SSSR count). The highest BCUT2D eigenvalue weighted by Gasteiger charge is 2.09. The SMILES string of the molecule is CCc1ccc(C(C)c2ccccc2)cc1CC. The molecule has 0 N–H and O–H groups in total. The zero-order valence-corrected chi connectivity index (χ0v) is 11.6. The molecule has 0 spiro atoms. The van der Waals surface area contributed by atoms with E-state index < -0.39 is 0 Å². The highest BCUT2D eigenvalue weighted by molar-refractivity contribution is 5.38. The molecule has 0 aliphatic heterocycles. The summed E-state index contributed by atoms with van der Waals surface area (Å²) in [5.41, 5.74) is 5.80. The fraction of sp³-hybridized carbons (Fsp3) is 0.333. The van der Waals surface area contributed by atoms with E-state index in [4.69, 9.17) is 0 Å². The minimum Gasteiger partial charge on any atom is -0.0622 e. The monoisotopic (exact) mass is 238 g/mol. The lowest BCUT2D eigenvalue weighted by Gasteiger charge is -2.15. The topological polar surface area (TPSA) is 0 Å². The first-order valence-corrected chi connectivity index (χ1v) is 6.92. The Labute approximate surface area is 111 Å². The summed E-state index contributed by atoms with van der Waals surface area (Å²) in [5.74, 6) is 0.474. The molecule has 0 aliphatic carbocycles.